The van der Waals surface area contributed by atoms with Crippen LogP contribution in [0.3, 0.4) is 0 Å². The second kappa shape index (κ2) is 9.37. The summed E-state index contributed by atoms with van der Waals surface area (Å²) in [6, 6.07) is 15.9. The van der Waals surface area contributed by atoms with Crippen molar-refractivity contribution in [1.29, 1.82) is 0 Å². The summed E-state index contributed by atoms with van der Waals surface area (Å²) < 4.78 is 10.1. The largest absolute Gasteiger partial charge is 0.495 e. The van der Waals surface area contributed by atoms with Gasteiger partial charge in [-0.05, 0) is 18.2 Å². The molecule has 0 aliphatic heterocycles. The van der Waals surface area contributed by atoms with Crippen molar-refractivity contribution < 1.29 is 24.2 Å². The van der Waals surface area contributed by atoms with E-state index in [1.807, 2.05) is 30.3 Å². The van der Waals surface area contributed by atoms with Crippen LogP contribution in [0.25, 0.3) is 11.3 Å². The molecule has 1 aromatic heterocycles. The summed E-state index contributed by atoms with van der Waals surface area (Å²) in [4.78, 5) is 31.5. The standard InChI is InChI=1S/C21H20N4O5/c1-29-17-9-8-14(20(28)30-2)10-16(17)23-18-11-15(13-6-4-3-5-7-13)24-21(25-18)22-12-19(26)27/h3-11H,12H2,1-2H3,(H,26,27)(H2,22,23,24,25). The Morgan fingerprint density at radius 2 is 1.80 bits per heavy atom. The predicted molar refractivity (Wildman–Crippen MR) is 111 cm³/mol. The van der Waals surface area contributed by atoms with Gasteiger partial charge in [0.15, 0.2) is 0 Å². The molecule has 0 aliphatic rings. The Bertz CT molecular complexity index is 1060. The Kier molecular flexibility index (Phi) is 6.43. The van der Waals surface area contributed by atoms with Gasteiger partial charge in [-0.2, -0.15) is 4.98 Å². The number of carbonyl (C=O) groups is 2. The molecule has 0 atom stereocenters. The summed E-state index contributed by atoms with van der Waals surface area (Å²) in [6.07, 6.45) is 0. The van der Waals surface area contributed by atoms with Crippen LogP contribution < -0.4 is 15.4 Å². The number of carbonyl (C=O) groups excluding carboxylic acids is 1. The Balaban J connectivity index is 2.01. The van der Waals surface area contributed by atoms with Gasteiger partial charge in [-0.15, -0.1) is 0 Å². The molecular formula is C21H20N4O5. The molecule has 2 aromatic carbocycles. The quantitative estimate of drug-likeness (QED) is 0.482. The first kappa shape index (κ1) is 20.6. The van der Waals surface area contributed by atoms with E-state index in [1.165, 1.54) is 14.2 Å². The molecule has 0 unspecified atom stereocenters. The Hall–Kier alpha value is -4.14. The number of anilines is 3. The van der Waals surface area contributed by atoms with E-state index in [2.05, 4.69) is 20.6 Å². The van der Waals surface area contributed by atoms with Gasteiger partial charge in [0.25, 0.3) is 0 Å². The molecule has 3 aromatic rings. The van der Waals surface area contributed by atoms with Gasteiger partial charge in [-0.3, -0.25) is 4.79 Å². The van der Waals surface area contributed by atoms with Crippen LogP contribution in [0.2, 0.25) is 0 Å². The maximum absolute atomic E-state index is 11.9. The van der Waals surface area contributed by atoms with Gasteiger partial charge < -0.3 is 25.2 Å². The number of aliphatic carboxylic acids is 1. The van der Waals surface area contributed by atoms with Crippen molar-refractivity contribution >= 4 is 29.4 Å². The first-order valence-corrected chi connectivity index (χ1v) is 8.93. The number of nitrogens with one attached hydrogen (secondary N) is 2. The number of benzene rings is 2. The molecule has 3 rings (SSSR count). The highest BCUT2D eigenvalue weighted by Gasteiger charge is 2.13. The lowest BCUT2D eigenvalue weighted by atomic mass is 10.1. The van der Waals surface area contributed by atoms with E-state index in [0.717, 1.165) is 5.56 Å². The fourth-order valence-electron chi connectivity index (χ4n) is 2.69. The van der Waals surface area contributed by atoms with E-state index in [0.29, 0.717) is 28.5 Å². The van der Waals surface area contributed by atoms with Gasteiger partial charge in [0.2, 0.25) is 5.95 Å². The zero-order valence-electron chi connectivity index (χ0n) is 16.4. The minimum absolute atomic E-state index is 0.143. The zero-order valence-corrected chi connectivity index (χ0v) is 16.4. The van der Waals surface area contributed by atoms with Gasteiger partial charge in [-0.25, -0.2) is 9.78 Å². The van der Waals surface area contributed by atoms with Crippen molar-refractivity contribution in [2.24, 2.45) is 0 Å². The van der Waals surface area contributed by atoms with Crippen LogP contribution in [0.4, 0.5) is 17.5 Å². The molecule has 0 saturated heterocycles. The Morgan fingerprint density at radius 1 is 1.03 bits per heavy atom. The second-order valence-electron chi connectivity index (χ2n) is 6.11. The molecule has 0 spiro atoms. The van der Waals surface area contributed by atoms with Gasteiger partial charge in [0.05, 0.1) is 31.2 Å². The molecule has 30 heavy (non-hydrogen) atoms. The first-order valence-electron chi connectivity index (χ1n) is 8.93. The minimum atomic E-state index is -1.04. The van der Waals surface area contributed by atoms with E-state index in [4.69, 9.17) is 14.6 Å². The molecule has 0 fully saturated rings. The number of ether oxygens (including phenoxy) is 2. The third kappa shape index (κ3) is 5.02. The van der Waals surface area contributed by atoms with E-state index >= 15 is 0 Å². The van der Waals surface area contributed by atoms with E-state index in [-0.39, 0.29) is 12.5 Å². The monoisotopic (exact) mass is 408 g/mol. The highest BCUT2D eigenvalue weighted by molar-refractivity contribution is 5.91. The van der Waals surface area contributed by atoms with Crippen molar-refractivity contribution in [2.75, 3.05) is 31.4 Å². The van der Waals surface area contributed by atoms with E-state index in [1.54, 1.807) is 24.3 Å². The summed E-state index contributed by atoms with van der Waals surface area (Å²) in [5.74, 6) is -0.508. The van der Waals surface area contributed by atoms with Gasteiger partial charge in [0, 0.05) is 11.6 Å². The third-order valence-electron chi connectivity index (χ3n) is 4.08. The lowest BCUT2D eigenvalue weighted by Crippen LogP contribution is -2.15. The van der Waals surface area contributed by atoms with Gasteiger partial charge in [0.1, 0.15) is 18.1 Å². The topological polar surface area (TPSA) is 123 Å². The number of hydrogen-bond acceptors (Lipinski definition) is 8. The third-order valence-corrected chi connectivity index (χ3v) is 4.08. The smallest absolute Gasteiger partial charge is 0.337 e. The number of nitrogens with zero attached hydrogens (tertiary/aromatic N) is 2. The predicted octanol–water partition coefficient (Wildman–Crippen LogP) is 3.18. The van der Waals surface area contributed by atoms with Crippen molar-refractivity contribution in [3.05, 3.63) is 60.2 Å². The average Bonchev–Trinajstić information content (AvgIpc) is 2.77. The summed E-state index contributed by atoms with van der Waals surface area (Å²) in [5.41, 5.74) is 2.24. The van der Waals surface area contributed by atoms with E-state index < -0.39 is 11.9 Å². The highest BCUT2D eigenvalue weighted by Crippen LogP contribution is 2.30. The number of aromatic nitrogens is 2. The number of esters is 1. The van der Waals surface area contributed by atoms with Gasteiger partial charge in [-0.1, -0.05) is 30.3 Å². The number of hydrogen-bond donors (Lipinski definition) is 3. The molecule has 0 bridgehead atoms. The number of carboxylic acid groups (broad SMARTS) is 1. The fraction of sp³-hybridized carbons (Fsp3) is 0.143. The van der Waals surface area contributed by atoms with Crippen LogP contribution >= 0.6 is 0 Å². The molecule has 0 saturated carbocycles. The second-order valence-corrected chi connectivity index (χ2v) is 6.11. The zero-order chi connectivity index (χ0) is 21.5. The lowest BCUT2D eigenvalue weighted by molar-refractivity contribution is -0.134. The lowest BCUT2D eigenvalue weighted by Gasteiger charge is -2.14. The molecule has 9 nitrogen and oxygen atoms in total. The van der Waals surface area contributed by atoms with Crippen LogP contribution in [-0.4, -0.2) is 47.8 Å². The number of carboxylic acids is 1. The number of rotatable bonds is 8. The summed E-state index contributed by atoms with van der Waals surface area (Å²) >= 11 is 0. The number of methoxy groups -OCH3 is 2. The minimum Gasteiger partial charge on any atom is -0.495 e. The van der Waals surface area contributed by atoms with Crippen LogP contribution in [-0.2, 0) is 9.53 Å². The molecule has 0 radical (unpaired) electrons. The normalized spacial score (nSPS) is 10.2. The average molecular weight is 408 g/mol. The van der Waals surface area contributed by atoms with Crippen LogP contribution in [0.1, 0.15) is 10.4 Å². The summed E-state index contributed by atoms with van der Waals surface area (Å²) in [6.45, 7) is -0.334. The first-order chi connectivity index (χ1) is 14.5. The van der Waals surface area contributed by atoms with Crippen molar-refractivity contribution in [3.63, 3.8) is 0 Å². The molecule has 0 amide bonds. The van der Waals surface area contributed by atoms with E-state index in [9.17, 15) is 9.59 Å². The Morgan fingerprint density at radius 3 is 2.47 bits per heavy atom. The Labute approximate surface area is 172 Å². The van der Waals surface area contributed by atoms with Crippen LogP contribution in [0.5, 0.6) is 5.75 Å². The highest BCUT2D eigenvalue weighted by atomic mass is 16.5. The maximum atomic E-state index is 11.9. The fourth-order valence-corrected chi connectivity index (χ4v) is 2.69. The van der Waals surface area contributed by atoms with Crippen molar-refractivity contribution in [1.82, 2.24) is 9.97 Å². The SMILES string of the molecule is COC(=O)c1ccc(OC)c(Nc2cc(-c3ccccc3)nc(NCC(=O)O)n2)c1. The molecule has 3 N–H and O–H groups in total. The molecule has 154 valence electrons. The summed E-state index contributed by atoms with van der Waals surface area (Å²) in [7, 11) is 2.81. The molecule has 9 heteroatoms. The van der Waals surface area contributed by atoms with Gasteiger partial charge >= 0.3 is 11.9 Å². The van der Waals surface area contributed by atoms with Crippen molar-refractivity contribution in [2.45, 2.75) is 0 Å². The molecule has 1 heterocycles. The maximum Gasteiger partial charge on any atom is 0.337 e. The van der Waals surface area contributed by atoms with Crippen LogP contribution in [0.15, 0.2) is 54.6 Å². The van der Waals surface area contributed by atoms with Crippen LogP contribution in [0, 0.1) is 0 Å². The van der Waals surface area contributed by atoms with Crippen molar-refractivity contribution in [3.8, 4) is 17.0 Å². The summed E-state index contributed by atoms with van der Waals surface area (Å²) in [5, 5.41) is 14.7. The molecule has 0 aliphatic carbocycles. The molecular weight excluding hydrogens is 388 g/mol.